The molecule has 0 aromatic carbocycles. The number of pyridine rings is 1. The summed E-state index contributed by atoms with van der Waals surface area (Å²) in [5.41, 5.74) is 5.53. The zero-order chi connectivity index (χ0) is 9.71. The van der Waals surface area contributed by atoms with Gasteiger partial charge >= 0.3 is 0 Å². The lowest BCUT2D eigenvalue weighted by atomic mass is 10.2. The quantitative estimate of drug-likeness (QED) is 0.668. The second-order valence-electron chi connectivity index (χ2n) is 4.08. The molecule has 1 unspecified atom stereocenters. The first-order valence-electron chi connectivity index (χ1n) is 5.10. The zero-order valence-corrected chi connectivity index (χ0v) is 8.54. The van der Waals surface area contributed by atoms with Crippen LogP contribution in [0.5, 0.6) is 0 Å². The molecule has 3 heterocycles. The van der Waals surface area contributed by atoms with Crippen LogP contribution in [0, 0.1) is 6.92 Å². The minimum atomic E-state index is 0.480. The first-order valence-corrected chi connectivity index (χ1v) is 5.10. The molecule has 2 heteroatoms. The molecule has 2 aromatic heterocycles. The molecule has 0 bridgehead atoms. The van der Waals surface area contributed by atoms with Gasteiger partial charge in [-0.15, -0.1) is 0 Å². The number of nitrogens with zero attached hydrogens (tertiary/aromatic N) is 1. The van der Waals surface area contributed by atoms with Gasteiger partial charge in [-0.05, 0) is 37.6 Å². The number of hydrogen-bond acceptors (Lipinski definition) is 1. The second-order valence-corrected chi connectivity index (χ2v) is 4.08. The van der Waals surface area contributed by atoms with E-state index in [1.54, 1.807) is 0 Å². The van der Waals surface area contributed by atoms with Crippen LogP contribution in [-0.2, 0) is 6.54 Å². The lowest BCUT2D eigenvalue weighted by molar-refractivity contribution is 0.615. The number of nitrogens with one attached hydrogen (secondary N) is 1. The molecule has 72 valence electrons. The summed E-state index contributed by atoms with van der Waals surface area (Å²) >= 11 is 0. The van der Waals surface area contributed by atoms with Crippen molar-refractivity contribution in [3.63, 3.8) is 0 Å². The normalized spacial score (nSPS) is 20.3. The molecule has 0 fully saturated rings. The summed E-state index contributed by atoms with van der Waals surface area (Å²) in [7, 11) is 0. The molecule has 3 rings (SSSR count). The predicted molar refractivity (Wildman–Crippen MR) is 57.4 cm³/mol. The van der Waals surface area contributed by atoms with Crippen molar-refractivity contribution in [1.29, 1.82) is 0 Å². The van der Waals surface area contributed by atoms with Gasteiger partial charge in [0.25, 0.3) is 0 Å². The Morgan fingerprint density at radius 2 is 2.29 bits per heavy atom. The van der Waals surface area contributed by atoms with E-state index in [1.807, 2.05) is 0 Å². The largest absolute Gasteiger partial charge is 0.316 e. The van der Waals surface area contributed by atoms with E-state index in [0.717, 1.165) is 6.54 Å². The van der Waals surface area contributed by atoms with Gasteiger partial charge in [0, 0.05) is 29.5 Å². The van der Waals surface area contributed by atoms with Gasteiger partial charge in [0.1, 0.15) is 0 Å². The van der Waals surface area contributed by atoms with E-state index < -0.39 is 0 Å². The fourth-order valence-corrected chi connectivity index (χ4v) is 2.45. The number of aryl methyl sites for hydroxylation is 1. The van der Waals surface area contributed by atoms with Crippen LogP contribution in [0.4, 0.5) is 0 Å². The van der Waals surface area contributed by atoms with E-state index in [2.05, 4.69) is 47.8 Å². The second kappa shape index (κ2) is 2.61. The minimum absolute atomic E-state index is 0.480. The Morgan fingerprint density at radius 1 is 1.43 bits per heavy atom. The SMILES string of the molecule is Cc1cccc2cc3c(n12)C(C)NC3. The Kier molecular flexibility index (Phi) is 1.50. The van der Waals surface area contributed by atoms with Crippen molar-refractivity contribution in [3.05, 3.63) is 41.2 Å². The van der Waals surface area contributed by atoms with Crippen molar-refractivity contribution >= 4 is 5.52 Å². The lowest BCUT2D eigenvalue weighted by Crippen LogP contribution is -2.10. The Balaban J connectivity index is 2.44. The van der Waals surface area contributed by atoms with E-state index in [0.29, 0.717) is 6.04 Å². The maximum Gasteiger partial charge on any atom is 0.0459 e. The smallest absolute Gasteiger partial charge is 0.0459 e. The van der Waals surface area contributed by atoms with Crippen molar-refractivity contribution < 1.29 is 0 Å². The maximum absolute atomic E-state index is 3.46. The Morgan fingerprint density at radius 3 is 3.14 bits per heavy atom. The fourth-order valence-electron chi connectivity index (χ4n) is 2.45. The molecule has 1 N–H and O–H groups in total. The van der Waals surface area contributed by atoms with Crippen LogP contribution < -0.4 is 5.32 Å². The third kappa shape index (κ3) is 0.891. The molecule has 14 heavy (non-hydrogen) atoms. The molecule has 0 aliphatic carbocycles. The third-order valence-corrected chi connectivity index (χ3v) is 3.12. The van der Waals surface area contributed by atoms with Gasteiger partial charge in [-0.25, -0.2) is 0 Å². The highest BCUT2D eigenvalue weighted by Gasteiger charge is 2.22. The third-order valence-electron chi connectivity index (χ3n) is 3.12. The van der Waals surface area contributed by atoms with Crippen LogP contribution in [0.15, 0.2) is 24.3 Å². The van der Waals surface area contributed by atoms with Crippen molar-refractivity contribution in [3.8, 4) is 0 Å². The van der Waals surface area contributed by atoms with Crippen molar-refractivity contribution in [2.75, 3.05) is 0 Å². The topological polar surface area (TPSA) is 16.4 Å². The summed E-state index contributed by atoms with van der Waals surface area (Å²) in [6, 6.07) is 9.24. The summed E-state index contributed by atoms with van der Waals surface area (Å²) < 4.78 is 2.36. The van der Waals surface area contributed by atoms with E-state index in [9.17, 15) is 0 Å². The first-order chi connectivity index (χ1) is 6.77. The summed E-state index contributed by atoms with van der Waals surface area (Å²) in [4.78, 5) is 0. The van der Waals surface area contributed by atoms with Crippen LogP contribution in [-0.4, -0.2) is 4.40 Å². The minimum Gasteiger partial charge on any atom is -0.316 e. The molecule has 2 nitrogen and oxygen atoms in total. The van der Waals surface area contributed by atoms with Gasteiger partial charge in [-0.2, -0.15) is 0 Å². The van der Waals surface area contributed by atoms with Crippen LogP contribution in [0.3, 0.4) is 0 Å². The van der Waals surface area contributed by atoms with Crippen LogP contribution in [0.25, 0.3) is 5.52 Å². The van der Waals surface area contributed by atoms with Crippen molar-refractivity contribution in [2.45, 2.75) is 26.4 Å². The van der Waals surface area contributed by atoms with Gasteiger partial charge in [0.2, 0.25) is 0 Å². The molecule has 0 saturated carbocycles. The summed E-state index contributed by atoms with van der Waals surface area (Å²) in [6.45, 7) is 5.40. The molecule has 1 aliphatic heterocycles. The standard InChI is InChI=1S/C12H14N2/c1-8-4-3-5-11-6-10-7-13-9(2)12(10)14(8)11/h3-6,9,13H,7H2,1-2H3. The van der Waals surface area contributed by atoms with Gasteiger partial charge in [-0.1, -0.05) is 6.07 Å². The molecule has 0 radical (unpaired) electrons. The molecular weight excluding hydrogens is 172 g/mol. The highest BCUT2D eigenvalue weighted by atomic mass is 15.0. The summed E-state index contributed by atoms with van der Waals surface area (Å²) in [5, 5.41) is 3.46. The molecular formula is C12H14N2. The highest BCUT2D eigenvalue weighted by Crippen LogP contribution is 2.29. The molecule has 2 aromatic rings. The average Bonchev–Trinajstić information content (AvgIpc) is 2.67. The zero-order valence-electron chi connectivity index (χ0n) is 8.54. The van der Waals surface area contributed by atoms with Crippen LogP contribution in [0.1, 0.15) is 29.9 Å². The monoisotopic (exact) mass is 186 g/mol. The summed E-state index contributed by atoms with van der Waals surface area (Å²) in [6.07, 6.45) is 0. The lowest BCUT2D eigenvalue weighted by Gasteiger charge is -2.09. The first kappa shape index (κ1) is 8.06. The number of fused-ring (bicyclic) bond motifs is 3. The van der Waals surface area contributed by atoms with Crippen LogP contribution >= 0.6 is 0 Å². The molecule has 1 atom stereocenters. The van der Waals surface area contributed by atoms with Gasteiger partial charge in [0.15, 0.2) is 0 Å². The van der Waals surface area contributed by atoms with Crippen molar-refractivity contribution in [2.24, 2.45) is 0 Å². The van der Waals surface area contributed by atoms with Gasteiger partial charge in [0.05, 0.1) is 0 Å². The molecule has 1 aliphatic rings. The average molecular weight is 186 g/mol. The van der Waals surface area contributed by atoms with E-state index in [1.165, 1.54) is 22.5 Å². The fraction of sp³-hybridized carbons (Fsp3) is 0.333. The predicted octanol–water partition coefficient (Wildman–Crippen LogP) is 2.41. The summed E-state index contributed by atoms with van der Waals surface area (Å²) in [5.74, 6) is 0. The molecule has 0 saturated heterocycles. The van der Waals surface area contributed by atoms with Crippen molar-refractivity contribution in [1.82, 2.24) is 9.72 Å². The Hall–Kier alpha value is -1.28. The Bertz CT molecular complexity index is 496. The maximum atomic E-state index is 3.46. The number of rotatable bonds is 0. The van der Waals surface area contributed by atoms with Crippen LogP contribution in [0.2, 0.25) is 0 Å². The number of hydrogen-bond donors (Lipinski definition) is 1. The molecule has 0 amide bonds. The number of aromatic nitrogens is 1. The van der Waals surface area contributed by atoms with Gasteiger partial charge in [-0.3, -0.25) is 0 Å². The van der Waals surface area contributed by atoms with E-state index in [-0.39, 0.29) is 0 Å². The molecule has 0 spiro atoms. The van der Waals surface area contributed by atoms with E-state index >= 15 is 0 Å². The Labute approximate surface area is 83.6 Å². The van der Waals surface area contributed by atoms with E-state index in [4.69, 9.17) is 0 Å². The highest BCUT2D eigenvalue weighted by molar-refractivity contribution is 5.56. The van der Waals surface area contributed by atoms with Gasteiger partial charge < -0.3 is 9.72 Å².